The summed E-state index contributed by atoms with van der Waals surface area (Å²) in [6.07, 6.45) is 0.584. The van der Waals surface area contributed by atoms with Crippen LogP contribution in [-0.2, 0) is 22.6 Å². The summed E-state index contributed by atoms with van der Waals surface area (Å²) in [5.74, 6) is -0.174. The molecule has 0 atom stereocenters. The third kappa shape index (κ3) is 5.27. The van der Waals surface area contributed by atoms with Gasteiger partial charge < -0.3 is 14.9 Å². The Bertz CT molecular complexity index is 1180. The number of hydrogen-bond acceptors (Lipinski definition) is 5. The van der Waals surface area contributed by atoms with Gasteiger partial charge in [0, 0.05) is 34.4 Å². The number of ether oxygens (including phenoxy) is 1. The molecular formula is C24H20Cl2N2O3S. The Morgan fingerprint density at radius 3 is 2.72 bits per heavy atom. The largest absolute Gasteiger partial charge is 0.391 e. The van der Waals surface area contributed by atoms with Crippen molar-refractivity contribution in [2.24, 2.45) is 5.16 Å². The molecule has 5 nitrogen and oxygen atoms in total. The van der Waals surface area contributed by atoms with Crippen LogP contribution in [-0.4, -0.2) is 25.5 Å². The first-order valence-corrected chi connectivity index (χ1v) is 11.4. The zero-order chi connectivity index (χ0) is 22.5. The van der Waals surface area contributed by atoms with Gasteiger partial charge in [-0.3, -0.25) is 4.79 Å². The van der Waals surface area contributed by atoms with E-state index in [0.717, 1.165) is 32.2 Å². The van der Waals surface area contributed by atoms with Gasteiger partial charge >= 0.3 is 0 Å². The topological polar surface area (TPSA) is 59.9 Å². The van der Waals surface area contributed by atoms with Gasteiger partial charge in [-0.2, -0.15) is 0 Å². The van der Waals surface area contributed by atoms with Gasteiger partial charge in [-0.05, 0) is 41.5 Å². The van der Waals surface area contributed by atoms with Crippen LogP contribution < -0.4 is 5.32 Å². The van der Waals surface area contributed by atoms with Crippen LogP contribution in [0.2, 0.25) is 10.0 Å². The molecule has 0 bridgehead atoms. The monoisotopic (exact) mass is 486 g/mol. The minimum absolute atomic E-state index is 0.166. The van der Waals surface area contributed by atoms with Crippen molar-refractivity contribution in [3.8, 4) is 0 Å². The molecule has 1 aliphatic rings. The summed E-state index contributed by atoms with van der Waals surface area (Å²) >= 11 is 13.7. The summed E-state index contributed by atoms with van der Waals surface area (Å²) in [4.78, 5) is 20.1. The Kier molecular flexibility index (Phi) is 7.37. The second-order valence-electron chi connectivity index (χ2n) is 7.10. The first-order chi connectivity index (χ1) is 15.5. The number of fused-ring (bicyclic) bond motifs is 2. The molecule has 0 unspecified atom stereocenters. The van der Waals surface area contributed by atoms with E-state index < -0.39 is 0 Å². The fraction of sp³-hybridized carbons (Fsp3) is 0.167. The lowest BCUT2D eigenvalue weighted by Gasteiger charge is -2.09. The van der Waals surface area contributed by atoms with Crippen LogP contribution in [0.25, 0.3) is 0 Å². The quantitative estimate of drug-likeness (QED) is 0.345. The molecule has 0 fully saturated rings. The third-order valence-electron chi connectivity index (χ3n) is 4.87. The van der Waals surface area contributed by atoms with Crippen LogP contribution in [0.4, 0.5) is 0 Å². The van der Waals surface area contributed by atoms with Crippen molar-refractivity contribution < 1.29 is 14.4 Å². The van der Waals surface area contributed by atoms with E-state index in [1.807, 2.05) is 48.5 Å². The van der Waals surface area contributed by atoms with Gasteiger partial charge in [-0.1, -0.05) is 70.5 Å². The third-order valence-corrected chi connectivity index (χ3v) is 6.79. The van der Waals surface area contributed by atoms with Crippen molar-refractivity contribution in [3.05, 3.63) is 93.0 Å². The van der Waals surface area contributed by atoms with Crippen molar-refractivity contribution in [1.82, 2.24) is 5.32 Å². The first kappa shape index (κ1) is 22.7. The number of carbonyl (C=O) groups excluding carboxylic acids is 1. The van der Waals surface area contributed by atoms with Crippen LogP contribution in [0, 0.1) is 0 Å². The Balaban J connectivity index is 1.59. The minimum atomic E-state index is -0.174. The molecule has 3 aromatic carbocycles. The van der Waals surface area contributed by atoms with E-state index in [-0.39, 0.29) is 19.2 Å². The predicted molar refractivity (Wildman–Crippen MR) is 128 cm³/mol. The molecule has 164 valence electrons. The van der Waals surface area contributed by atoms with Gasteiger partial charge in [0.05, 0.1) is 15.8 Å². The zero-order valence-electron chi connectivity index (χ0n) is 17.2. The first-order valence-electron chi connectivity index (χ1n) is 9.85. The summed E-state index contributed by atoms with van der Waals surface area (Å²) in [6.45, 7) is 0.444. The summed E-state index contributed by atoms with van der Waals surface area (Å²) in [5, 5.41) is 8.16. The maximum absolute atomic E-state index is 12.3. The highest BCUT2D eigenvalue weighted by molar-refractivity contribution is 7.99. The Morgan fingerprint density at radius 2 is 1.91 bits per heavy atom. The number of hydrogen-bond donors (Lipinski definition) is 1. The second-order valence-corrected chi connectivity index (χ2v) is 8.99. The lowest BCUT2D eigenvalue weighted by atomic mass is 10.0. The number of nitrogens with one attached hydrogen (secondary N) is 1. The summed E-state index contributed by atoms with van der Waals surface area (Å²) in [6, 6.07) is 19.1. The molecule has 1 aliphatic heterocycles. The normalized spacial score (nSPS) is 13.8. The molecule has 0 saturated carbocycles. The van der Waals surface area contributed by atoms with Gasteiger partial charge in [-0.25, -0.2) is 0 Å². The smallest absolute Gasteiger partial charge is 0.253 e. The maximum Gasteiger partial charge on any atom is 0.253 e. The zero-order valence-corrected chi connectivity index (χ0v) is 19.6. The Labute approximate surface area is 200 Å². The maximum atomic E-state index is 12.3. The number of halogens is 2. The van der Waals surface area contributed by atoms with Crippen LogP contribution in [0.5, 0.6) is 0 Å². The molecule has 32 heavy (non-hydrogen) atoms. The van der Waals surface area contributed by atoms with E-state index in [1.165, 1.54) is 7.11 Å². The molecule has 1 N–H and O–H groups in total. The van der Waals surface area contributed by atoms with Gasteiger partial charge in [0.25, 0.3) is 5.91 Å². The van der Waals surface area contributed by atoms with E-state index in [2.05, 4.69) is 10.5 Å². The molecular weight excluding hydrogens is 467 g/mol. The molecule has 0 radical (unpaired) electrons. The number of oxime groups is 1. The SMILES string of the molecule is COCNC(=O)c1ccc2c(c1)Sc1ccccc1C(=NOCc1ccc(Cl)c(Cl)c1)C2. The lowest BCUT2D eigenvalue weighted by molar-refractivity contribution is 0.0872. The summed E-state index contributed by atoms with van der Waals surface area (Å²) < 4.78 is 4.93. The van der Waals surface area contributed by atoms with Crippen LogP contribution in [0.1, 0.15) is 27.0 Å². The van der Waals surface area contributed by atoms with Gasteiger partial charge in [0.15, 0.2) is 0 Å². The number of methoxy groups -OCH3 is 1. The number of carbonyl (C=O) groups is 1. The van der Waals surface area contributed by atoms with Gasteiger partial charge in [0.2, 0.25) is 0 Å². The fourth-order valence-electron chi connectivity index (χ4n) is 3.26. The van der Waals surface area contributed by atoms with E-state index >= 15 is 0 Å². The molecule has 0 aromatic heterocycles. The highest BCUT2D eigenvalue weighted by Crippen LogP contribution is 2.38. The van der Waals surface area contributed by atoms with Crippen molar-refractivity contribution in [2.45, 2.75) is 22.8 Å². The number of amides is 1. The highest BCUT2D eigenvalue weighted by atomic mass is 35.5. The second kappa shape index (κ2) is 10.4. The highest BCUT2D eigenvalue weighted by Gasteiger charge is 2.21. The predicted octanol–water partition coefficient (Wildman–Crippen LogP) is 5.96. The molecule has 1 amide bonds. The molecule has 3 aromatic rings. The fourth-order valence-corrected chi connectivity index (χ4v) is 4.72. The summed E-state index contributed by atoms with van der Waals surface area (Å²) in [7, 11) is 1.54. The van der Waals surface area contributed by atoms with Crippen molar-refractivity contribution in [3.63, 3.8) is 0 Å². The number of nitrogens with zero attached hydrogens (tertiary/aromatic N) is 1. The van der Waals surface area contributed by atoms with E-state index in [4.69, 9.17) is 32.8 Å². The standard InChI is InChI=1S/C24H20Cl2N2O3S/c1-30-14-27-24(29)17-8-7-16-11-21(18-4-2-3-5-22(18)32-23(16)12-17)28-31-13-15-6-9-19(25)20(26)10-15/h2-10,12H,11,13-14H2,1H3,(H,27,29). The molecule has 4 rings (SSSR count). The average molecular weight is 487 g/mol. The number of benzene rings is 3. The van der Waals surface area contributed by atoms with Crippen LogP contribution >= 0.6 is 35.0 Å². The summed E-state index contributed by atoms with van der Waals surface area (Å²) in [5.41, 5.74) is 4.37. The molecule has 8 heteroatoms. The minimum Gasteiger partial charge on any atom is -0.391 e. The van der Waals surface area contributed by atoms with Gasteiger partial charge in [-0.15, -0.1) is 0 Å². The van der Waals surface area contributed by atoms with E-state index in [9.17, 15) is 4.79 Å². The number of rotatable bonds is 6. The molecule has 0 aliphatic carbocycles. The van der Waals surface area contributed by atoms with E-state index in [1.54, 1.807) is 23.9 Å². The Hall–Kier alpha value is -2.51. The molecule has 0 saturated heterocycles. The molecule has 0 spiro atoms. The van der Waals surface area contributed by atoms with Gasteiger partial charge in [0.1, 0.15) is 13.3 Å². The Morgan fingerprint density at radius 1 is 1.06 bits per heavy atom. The van der Waals surface area contributed by atoms with Crippen molar-refractivity contribution in [2.75, 3.05) is 13.8 Å². The average Bonchev–Trinajstić information content (AvgIpc) is 2.95. The van der Waals surface area contributed by atoms with Crippen LogP contribution in [0.15, 0.2) is 75.6 Å². The van der Waals surface area contributed by atoms with Crippen molar-refractivity contribution in [1.29, 1.82) is 0 Å². The van der Waals surface area contributed by atoms with Crippen molar-refractivity contribution >= 4 is 46.6 Å². The lowest BCUT2D eigenvalue weighted by Crippen LogP contribution is -2.25. The van der Waals surface area contributed by atoms with E-state index in [0.29, 0.717) is 22.0 Å². The molecule has 1 heterocycles. The van der Waals surface area contributed by atoms with Crippen LogP contribution in [0.3, 0.4) is 0 Å².